The van der Waals surface area contributed by atoms with Crippen molar-refractivity contribution in [2.24, 2.45) is 0 Å². The molecule has 0 aliphatic carbocycles. The van der Waals surface area contributed by atoms with Crippen molar-refractivity contribution in [3.05, 3.63) is 29.3 Å². The number of rotatable bonds is 4. The van der Waals surface area contributed by atoms with E-state index < -0.39 is 16.1 Å². The van der Waals surface area contributed by atoms with Crippen molar-refractivity contribution in [2.45, 2.75) is 24.8 Å². The van der Waals surface area contributed by atoms with Gasteiger partial charge in [-0.15, -0.1) is 0 Å². The van der Waals surface area contributed by atoms with Gasteiger partial charge in [0.1, 0.15) is 10.7 Å². The monoisotopic (exact) mass is 261 g/mol. The van der Waals surface area contributed by atoms with E-state index in [1.807, 2.05) is 0 Å². The zero-order chi connectivity index (χ0) is 12.3. The molecule has 0 aliphatic heterocycles. The Morgan fingerprint density at radius 2 is 1.94 bits per heavy atom. The summed E-state index contributed by atoms with van der Waals surface area (Å²) in [6.45, 7) is 2.80. The van der Waals surface area contributed by atoms with Crippen LogP contribution < -0.4 is 4.72 Å². The predicted molar refractivity (Wildman–Crippen MR) is 61.9 cm³/mol. The SMILES string of the molecule is CC(=O)C(C)NS(=O)(=O)c1ccccc1Cl. The van der Waals surface area contributed by atoms with Crippen molar-refractivity contribution >= 4 is 27.4 Å². The van der Waals surface area contributed by atoms with Crippen LogP contribution in [0.1, 0.15) is 13.8 Å². The molecule has 6 heteroatoms. The first kappa shape index (κ1) is 13.2. The minimum absolute atomic E-state index is 0.0234. The van der Waals surface area contributed by atoms with E-state index in [4.69, 9.17) is 11.6 Å². The van der Waals surface area contributed by atoms with E-state index in [1.165, 1.54) is 26.0 Å². The van der Waals surface area contributed by atoms with Gasteiger partial charge in [0.05, 0.1) is 11.1 Å². The highest BCUT2D eigenvalue weighted by atomic mass is 35.5. The van der Waals surface area contributed by atoms with Crippen LogP contribution in [0.2, 0.25) is 5.02 Å². The lowest BCUT2D eigenvalue weighted by molar-refractivity contribution is -0.118. The number of hydrogen-bond acceptors (Lipinski definition) is 3. The second kappa shape index (κ2) is 4.95. The van der Waals surface area contributed by atoms with Gasteiger partial charge in [-0.2, -0.15) is 0 Å². The normalized spacial score (nSPS) is 13.4. The first-order valence-corrected chi connectivity index (χ1v) is 6.48. The number of halogens is 1. The highest BCUT2D eigenvalue weighted by Crippen LogP contribution is 2.20. The van der Waals surface area contributed by atoms with Gasteiger partial charge in [0, 0.05) is 0 Å². The van der Waals surface area contributed by atoms with E-state index in [1.54, 1.807) is 12.1 Å². The molecule has 0 saturated heterocycles. The molecule has 0 fully saturated rings. The van der Waals surface area contributed by atoms with Gasteiger partial charge >= 0.3 is 0 Å². The maximum absolute atomic E-state index is 11.8. The number of hydrogen-bond donors (Lipinski definition) is 1. The Labute approximate surface area is 99.7 Å². The molecule has 0 heterocycles. The Balaban J connectivity index is 3.04. The first-order chi connectivity index (χ1) is 7.34. The van der Waals surface area contributed by atoms with Crippen molar-refractivity contribution in [1.82, 2.24) is 4.72 Å². The van der Waals surface area contributed by atoms with Crippen LogP contribution in [0.5, 0.6) is 0 Å². The molecule has 1 atom stereocenters. The maximum Gasteiger partial charge on any atom is 0.242 e. The summed E-state index contributed by atoms with van der Waals surface area (Å²) >= 11 is 5.77. The average molecular weight is 262 g/mol. The van der Waals surface area contributed by atoms with Gasteiger partial charge in [-0.1, -0.05) is 23.7 Å². The summed E-state index contributed by atoms with van der Waals surface area (Å²) in [5, 5.41) is 0.130. The molecule has 1 aromatic carbocycles. The summed E-state index contributed by atoms with van der Waals surface area (Å²) in [4.78, 5) is 11.0. The Morgan fingerprint density at radius 1 is 1.38 bits per heavy atom. The van der Waals surface area contributed by atoms with E-state index in [0.717, 1.165) is 0 Å². The standard InChI is InChI=1S/C10H12ClNO3S/c1-7(8(2)13)12-16(14,15)10-6-4-3-5-9(10)11/h3-7,12H,1-2H3. The van der Waals surface area contributed by atoms with E-state index in [2.05, 4.69) is 4.72 Å². The molecule has 0 aromatic heterocycles. The van der Waals surface area contributed by atoms with Crippen LogP contribution in [0.3, 0.4) is 0 Å². The number of Topliss-reactive ketones (excluding diaryl/α,β-unsaturated/α-hetero) is 1. The van der Waals surface area contributed by atoms with Crippen LogP contribution in [0.4, 0.5) is 0 Å². The van der Waals surface area contributed by atoms with Crippen molar-refractivity contribution in [3.8, 4) is 0 Å². The van der Waals surface area contributed by atoms with Gasteiger partial charge in [0.15, 0.2) is 0 Å². The molecule has 4 nitrogen and oxygen atoms in total. The second-order valence-corrected chi connectivity index (χ2v) is 5.47. The molecular formula is C10H12ClNO3S. The quantitative estimate of drug-likeness (QED) is 0.895. The van der Waals surface area contributed by atoms with Crippen LogP contribution in [-0.2, 0) is 14.8 Å². The molecular weight excluding hydrogens is 250 g/mol. The predicted octanol–water partition coefficient (Wildman–Crippen LogP) is 1.60. The Bertz CT molecular complexity index is 499. The van der Waals surface area contributed by atoms with Crippen molar-refractivity contribution in [2.75, 3.05) is 0 Å². The summed E-state index contributed by atoms with van der Waals surface area (Å²) in [5.74, 6) is -0.254. The van der Waals surface area contributed by atoms with Crippen LogP contribution in [-0.4, -0.2) is 20.2 Å². The highest BCUT2D eigenvalue weighted by molar-refractivity contribution is 7.89. The summed E-state index contributed by atoms with van der Waals surface area (Å²) in [7, 11) is -3.74. The van der Waals surface area contributed by atoms with Gasteiger partial charge in [-0.3, -0.25) is 4.79 Å². The van der Waals surface area contributed by atoms with Gasteiger partial charge < -0.3 is 0 Å². The summed E-state index contributed by atoms with van der Waals surface area (Å²) in [6.07, 6.45) is 0. The third-order valence-electron chi connectivity index (χ3n) is 2.07. The fourth-order valence-corrected chi connectivity index (χ4v) is 2.82. The van der Waals surface area contributed by atoms with E-state index in [9.17, 15) is 13.2 Å². The molecule has 0 saturated carbocycles. The Hall–Kier alpha value is -0.910. The van der Waals surface area contributed by atoms with E-state index in [-0.39, 0.29) is 15.7 Å². The van der Waals surface area contributed by atoms with Gasteiger partial charge in [0.2, 0.25) is 10.0 Å². The van der Waals surface area contributed by atoms with Crippen molar-refractivity contribution in [1.29, 1.82) is 0 Å². The summed E-state index contributed by atoms with van der Waals surface area (Å²) < 4.78 is 25.9. The third-order valence-corrected chi connectivity index (χ3v) is 4.11. The van der Waals surface area contributed by atoms with Crippen LogP contribution in [0, 0.1) is 0 Å². The molecule has 0 spiro atoms. The van der Waals surface area contributed by atoms with Gasteiger partial charge in [0.25, 0.3) is 0 Å². The molecule has 0 amide bonds. The topological polar surface area (TPSA) is 63.2 Å². The first-order valence-electron chi connectivity index (χ1n) is 4.62. The number of nitrogens with one attached hydrogen (secondary N) is 1. The van der Waals surface area contributed by atoms with Crippen molar-refractivity contribution in [3.63, 3.8) is 0 Å². The zero-order valence-electron chi connectivity index (χ0n) is 8.90. The molecule has 1 aromatic rings. The molecule has 1 unspecified atom stereocenters. The van der Waals surface area contributed by atoms with Gasteiger partial charge in [-0.05, 0) is 26.0 Å². The molecule has 1 N–H and O–H groups in total. The number of carbonyl (C=O) groups excluding carboxylic acids is 1. The fourth-order valence-electron chi connectivity index (χ4n) is 1.04. The molecule has 16 heavy (non-hydrogen) atoms. The lowest BCUT2D eigenvalue weighted by atomic mass is 10.3. The lowest BCUT2D eigenvalue weighted by Crippen LogP contribution is -2.37. The van der Waals surface area contributed by atoms with E-state index >= 15 is 0 Å². The molecule has 0 radical (unpaired) electrons. The largest absolute Gasteiger partial charge is 0.298 e. The average Bonchev–Trinajstić information content (AvgIpc) is 2.17. The lowest BCUT2D eigenvalue weighted by Gasteiger charge is -2.11. The molecule has 1 rings (SSSR count). The van der Waals surface area contributed by atoms with Crippen LogP contribution in [0.15, 0.2) is 29.2 Å². The Morgan fingerprint density at radius 3 is 2.44 bits per heavy atom. The number of ketones is 1. The molecule has 0 bridgehead atoms. The zero-order valence-corrected chi connectivity index (χ0v) is 10.5. The molecule has 0 aliphatic rings. The maximum atomic E-state index is 11.8. The minimum atomic E-state index is -3.74. The Kier molecular flexibility index (Phi) is 4.07. The summed E-state index contributed by atoms with van der Waals surface area (Å²) in [5.41, 5.74) is 0. The fraction of sp³-hybridized carbons (Fsp3) is 0.300. The van der Waals surface area contributed by atoms with Gasteiger partial charge in [-0.25, -0.2) is 13.1 Å². The minimum Gasteiger partial charge on any atom is -0.298 e. The molecule has 88 valence electrons. The smallest absolute Gasteiger partial charge is 0.242 e. The van der Waals surface area contributed by atoms with Crippen molar-refractivity contribution < 1.29 is 13.2 Å². The third kappa shape index (κ3) is 3.04. The summed E-state index contributed by atoms with van der Waals surface area (Å²) in [6, 6.07) is 5.31. The number of carbonyl (C=O) groups is 1. The van der Waals surface area contributed by atoms with Crippen LogP contribution >= 0.6 is 11.6 Å². The highest BCUT2D eigenvalue weighted by Gasteiger charge is 2.21. The number of sulfonamides is 1. The van der Waals surface area contributed by atoms with E-state index in [0.29, 0.717) is 0 Å². The number of benzene rings is 1. The second-order valence-electron chi connectivity index (χ2n) is 3.38. The van der Waals surface area contributed by atoms with Crippen LogP contribution in [0.25, 0.3) is 0 Å².